The summed E-state index contributed by atoms with van der Waals surface area (Å²) in [4.78, 5) is 0. The Hall–Kier alpha value is -1.06. The molecule has 0 saturated carbocycles. The van der Waals surface area contributed by atoms with Gasteiger partial charge in [-0.1, -0.05) is 17.7 Å². The first-order valence-electron chi connectivity index (χ1n) is 6.69. The van der Waals surface area contributed by atoms with E-state index in [4.69, 9.17) is 14.2 Å². The zero-order chi connectivity index (χ0) is 12.8. The standard InChI is InChI=1S/C15H22O3/c1-12-6-7-14(13(2)11-12)16-9-10-18-15-5-3-4-8-17-15/h6-7,11,15H,3-5,8-10H2,1-2H3/t15-/m0/s1. The molecule has 0 aromatic heterocycles. The van der Waals surface area contributed by atoms with Crippen LogP contribution < -0.4 is 4.74 Å². The van der Waals surface area contributed by atoms with Crippen LogP contribution in [0.5, 0.6) is 5.75 Å². The molecule has 0 spiro atoms. The number of aryl methyl sites for hydroxylation is 2. The van der Waals surface area contributed by atoms with E-state index in [0.29, 0.717) is 13.2 Å². The van der Waals surface area contributed by atoms with Crippen LogP contribution in [0.1, 0.15) is 30.4 Å². The molecule has 18 heavy (non-hydrogen) atoms. The van der Waals surface area contributed by atoms with Gasteiger partial charge in [0.25, 0.3) is 0 Å². The summed E-state index contributed by atoms with van der Waals surface area (Å²) in [5.74, 6) is 0.939. The maximum absolute atomic E-state index is 5.70. The van der Waals surface area contributed by atoms with Gasteiger partial charge in [-0.25, -0.2) is 0 Å². The van der Waals surface area contributed by atoms with Crippen molar-refractivity contribution in [2.75, 3.05) is 19.8 Å². The van der Waals surface area contributed by atoms with Crippen LogP contribution in [0.3, 0.4) is 0 Å². The highest BCUT2D eigenvalue weighted by atomic mass is 16.7. The van der Waals surface area contributed by atoms with Crippen molar-refractivity contribution in [3.8, 4) is 5.75 Å². The van der Waals surface area contributed by atoms with Gasteiger partial charge in [0, 0.05) is 6.61 Å². The van der Waals surface area contributed by atoms with Gasteiger partial charge in [0.1, 0.15) is 12.4 Å². The first kappa shape index (κ1) is 13.4. The smallest absolute Gasteiger partial charge is 0.157 e. The molecule has 0 amide bonds. The Bertz CT molecular complexity index is 370. The van der Waals surface area contributed by atoms with E-state index in [2.05, 4.69) is 26.0 Å². The van der Waals surface area contributed by atoms with Crippen LogP contribution in [0.15, 0.2) is 18.2 Å². The van der Waals surface area contributed by atoms with Gasteiger partial charge in [-0.05, 0) is 44.7 Å². The Balaban J connectivity index is 1.68. The predicted molar refractivity (Wildman–Crippen MR) is 71.0 cm³/mol. The molecule has 0 bridgehead atoms. The highest BCUT2D eigenvalue weighted by Gasteiger charge is 2.13. The molecule has 1 aliphatic heterocycles. The molecule has 0 N–H and O–H groups in total. The number of benzene rings is 1. The van der Waals surface area contributed by atoms with E-state index in [1.54, 1.807) is 0 Å². The highest BCUT2D eigenvalue weighted by molar-refractivity contribution is 5.35. The van der Waals surface area contributed by atoms with E-state index in [0.717, 1.165) is 25.2 Å². The summed E-state index contributed by atoms with van der Waals surface area (Å²) in [5, 5.41) is 0. The molecule has 1 heterocycles. The van der Waals surface area contributed by atoms with Crippen molar-refractivity contribution >= 4 is 0 Å². The molecule has 0 unspecified atom stereocenters. The SMILES string of the molecule is Cc1ccc(OCCO[C@H]2CCCCO2)c(C)c1. The van der Waals surface area contributed by atoms with E-state index in [9.17, 15) is 0 Å². The van der Waals surface area contributed by atoms with Crippen molar-refractivity contribution in [3.05, 3.63) is 29.3 Å². The summed E-state index contributed by atoms with van der Waals surface area (Å²) in [6.45, 7) is 6.12. The third kappa shape index (κ3) is 4.00. The molecule has 1 aromatic rings. The van der Waals surface area contributed by atoms with Gasteiger partial charge < -0.3 is 14.2 Å². The summed E-state index contributed by atoms with van der Waals surface area (Å²) in [7, 11) is 0. The quantitative estimate of drug-likeness (QED) is 0.751. The Kier molecular flexibility index (Phi) is 5.02. The lowest BCUT2D eigenvalue weighted by molar-refractivity contribution is -0.165. The van der Waals surface area contributed by atoms with E-state index >= 15 is 0 Å². The lowest BCUT2D eigenvalue weighted by atomic mass is 10.1. The van der Waals surface area contributed by atoms with Crippen molar-refractivity contribution in [2.24, 2.45) is 0 Å². The van der Waals surface area contributed by atoms with E-state index in [-0.39, 0.29) is 6.29 Å². The summed E-state index contributed by atoms with van der Waals surface area (Å²) in [6.07, 6.45) is 3.33. The van der Waals surface area contributed by atoms with Crippen molar-refractivity contribution in [2.45, 2.75) is 39.4 Å². The number of ether oxygens (including phenoxy) is 3. The second kappa shape index (κ2) is 6.76. The molecule has 1 saturated heterocycles. The number of rotatable bonds is 5. The molecule has 100 valence electrons. The zero-order valence-corrected chi connectivity index (χ0v) is 11.3. The van der Waals surface area contributed by atoms with Crippen LogP contribution in [0.2, 0.25) is 0 Å². The minimum absolute atomic E-state index is 0.0264. The topological polar surface area (TPSA) is 27.7 Å². The fourth-order valence-electron chi connectivity index (χ4n) is 2.14. The second-order valence-electron chi connectivity index (χ2n) is 4.78. The van der Waals surface area contributed by atoms with Crippen LogP contribution in [0.4, 0.5) is 0 Å². The van der Waals surface area contributed by atoms with Gasteiger partial charge in [-0.15, -0.1) is 0 Å². The Morgan fingerprint density at radius 2 is 2.11 bits per heavy atom. The summed E-state index contributed by atoms with van der Waals surface area (Å²) >= 11 is 0. The summed E-state index contributed by atoms with van der Waals surface area (Å²) in [5.41, 5.74) is 2.43. The predicted octanol–water partition coefficient (Wildman–Crippen LogP) is 3.23. The van der Waals surface area contributed by atoms with Crippen LogP contribution >= 0.6 is 0 Å². The molecule has 0 radical (unpaired) electrons. The maximum atomic E-state index is 5.70. The van der Waals surface area contributed by atoms with Crippen LogP contribution in [-0.4, -0.2) is 26.1 Å². The zero-order valence-electron chi connectivity index (χ0n) is 11.3. The van der Waals surface area contributed by atoms with Crippen LogP contribution in [0, 0.1) is 13.8 Å². The van der Waals surface area contributed by atoms with Crippen molar-refractivity contribution in [3.63, 3.8) is 0 Å². The van der Waals surface area contributed by atoms with Crippen LogP contribution in [-0.2, 0) is 9.47 Å². The monoisotopic (exact) mass is 250 g/mol. The second-order valence-corrected chi connectivity index (χ2v) is 4.78. The molecule has 3 heteroatoms. The van der Waals surface area contributed by atoms with Crippen molar-refractivity contribution < 1.29 is 14.2 Å². The Morgan fingerprint density at radius 3 is 2.83 bits per heavy atom. The van der Waals surface area contributed by atoms with E-state index < -0.39 is 0 Å². The normalized spacial score (nSPS) is 19.8. The number of hydrogen-bond donors (Lipinski definition) is 0. The van der Waals surface area contributed by atoms with Gasteiger partial charge in [0.2, 0.25) is 0 Å². The van der Waals surface area contributed by atoms with Crippen molar-refractivity contribution in [1.82, 2.24) is 0 Å². The number of hydrogen-bond acceptors (Lipinski definition) is 3. The molecule has 1 aromatic carbocycles. The van der Waals surface area contributed by atoms with Gasteiger partial charge in [-0.3, -0.25) is 0 Å². The molecule has 3 nitrogen and oxygen atoms in total. The van der Waals surface area contributed by atoms with Gasteiger partial charge in [0.05, 0.1) is 6.61 Å². The third-order valence-corrected chi connectivity index (χ3v) is 3.11. The summed E-state index contributed by atoms with van der Waals surface area (Å²) < 4.78 is 16.8. The maximum Gasteiger partial charge on any atom is 0.157 e. The lowest BCUT2D eigenvalue weighted by Crippen LogP contribution is -2.24. The van der Waals surface area contributed by atoms with Crippen molar-refractivity contribution in [1.29, 1.82) is 0 Å². The fourth-order valence-corrected chi connectivity index (χ4v) is 2.14. The Labute approximate surface area is 109 Å². The molecular weight excluding hydrogens is 228 g/mol. The first-order chi connectivity index (χ1) is 8.75. The minimum Gasteiger partial charge on any atom is -0.491 e. The molecule has 1 fully saturated rings. The van der Waals surface area contributed by atoms with E-state index in [1.165, 1.54) is 17.5 Å². The first-order valence-corrected chi connectivity index (χ1v) is 6.69. The van der Waals surface area contributed by atoms with Crippen LogP contribution in [0.25, 0.3) is 0 Å². The molecule has 1 aliphatic rings. The third-order valence-electron chi connectivity index (χ3n) is 3.11. The lowest BCUT2D eigenvalue weighted by Gasteiger charge is -2.22. The Morgan fingerprint density at radius 1 is 1.22 bits per heavy atom. The largest absolute Gasteiger partial charge is 0.491 e. The fraction of sp³-hybridized carbons (Fsp3) is 0.600. The average Bonchev–Trinajstić information content (AvgIpc) is 2.38. The molecule has 0 aliphatic carbocycles. The molecular formula is C15H22O3. The van der Waals surface area contributed by atoms with E-state index in [1.807, 2.05) is 6.07 Å². The van der Waals surface area contributed by atoms with Gasteiger partial charge in [0.15, 0.2) is 6.29 Å². The highest BCUT2D eigenvalue weighted by Crippen LogP contribution is 2.19. The van der Waals surface area contributed by atoms with Gasteiger partial charge >= 0.3 is 0 Å². The van der Waals surface area contributed by atoms with Gasteiger partial charge in [-0.2, -0.15) is 0 Å². The minimum atomic E-state index is -0.0264. The molecule has 2 rings (SSSR count). The summed E-state index contributed by atoms with van der Waals surface area (Å²) in [6, 6.07) is 6.20. The average molecular weight is 250 g/mol. The molecule has 1 atom stereocenters.